The molecule has 1 aliphatic heterocycles. The van der Waals surface area contributed by atoms with Crippen molar-refractivity contribution in [3.63, 3.8) is 0 Å². The van der Waals surface area contributed by atoms with Crippen molar-refractivity contribution in [3.05, 3.63) is 21.9 Å². The Bertz CT molecular complexity index is 405. The predicted molar refractivity (Wildman–Crippen MR) is 84.6 cm³/mol. The van der Waals surface area contributed by atoms with Crippen LogP contribution in [0.2, 0.25) is 0 Å². The van der Waals surface area contributed by atoms with E-state index in [9.17, 15) is 0 Å². The van der Waals surface area contributed by atoms with Crippen LogP contribution >= 0.6 is 11.3 Å². The maximum Gasteiger partial charge on any atom is 0.0328 e. The second-order valence-corrected chi connectivity index (χ2v) is 8.18. The fourth-order valence-electron chi connectivity index (χ4n) is 2.76. The lowest BCUT2D eigenvalue weighted by molar-refractivity contribution is 0.127. The lowest BCUT2D eigenvalue weighted by Gasteiger charge is -2.36. The third-order valence-electron chi connectivity index (χ3n) is 4.28. The summed E-state index contributed by atoms with van der Waals surface area (Å²) >= 11 is 1.97. The van der Waals surface area contributed by atoms with E-state index in [-0.39, 0.29) is 5.41 Å². The Hall–Kier alpha value is -0.380. The topological polar surface area (TPSA) is 29.3 Å². The second-order valence-electron chi connectivity index (χ2n) is 7.01. The van der Waals surface area contributed by atoms with E-state index >= 15 is 0 Å². The van der Waals surface area contributed by atoms with Gasteiger partial charge in [-0.05, 0) is 48.9 Å². The molecule has 2 heterocycles. The predicted octanol–water partition coefficient (Wildman–Crippen LogP) is 3.46. The van der Waals surface area contributed by atoms with Crippen LogP contribution in [0, 0.1) is 11.8 Å². The third kappa shape index (κ3) is 3.80. The highest BCUT2D eigenvalue weighted by molar-refractivity contribution is 7.12. The molecule has 1 fully saturated rings. The molecule has 3 heteroatoms. The monoisotopic (exact) mass is 280 g/mol. The van der Waals surface area contributed by atoms with Gasteiger partial charge in [0.1, 0.15) is 0 Å². The van der Waals surface area contributed by atoms with Gasteiger partial charge in [-0.1, -0.05) is 27.7 Å². The molecule has 1 aromatic heterocycles. The maximum absolute atomic E-state index is 5.89. The molecule has 0 aliphatic carbocycles. The highest BCUT2D eigenvalue weighted by Crippen LogP contribution is 2.31. The summed E-state index contributed by atoms with van der Waals surface area (Å²) in [4.78, 5) is 5.56. The summed E-state index contributed by atoms with van der Waals surface area (Å²) in [5, 5.41) is 0. The van der Waals surface area contributed by atoms with Gasteiger partial charge in [0, 0.05) is 22.8 Å². The summed E-state index contributed by atoms with van der Waals surface area (Å²) in [7, 11) is 0. The second kappa shape index (κ2) is 5.94. The molecular formula is C16H28N2S. The molecule has 0 amide bonds. The van der Waals surface area contributed by atoms with Crippen LogP contribution in [-0.4, -0.2) is 24.5 Å². The minimum atomic E-state index is 0.277. The zero-order valence-corrected chi connectivity index (χ0v) is 13.6. The molecule has 0 radical (unpaired) electrons. The molecule has 1 aliphatic rings. The number of piperidine rings is 1. The van der Waals surface area contributed by atoms with E-state index in [4.69, 9.17) is 5.73 Å². The minimum absolute atomic E-state index is 0.277. The average Bonchev–Trinajstić information content (AvgIpc) is 2.80. The van der Waals surface area contributed by atoms with Crippen LogP contribution in [0.1, 0.15) is 43.9 Å². The lowest BCUT2D eigenvalue weighted by atomic mass is 9.87. The highest BCUT2D eigenvalue weighted by Gasteiger charge is 2.25. The number of thiophene rings is 1. The van der Waals surface area contributed by atoms with Gasteiger partial charge >= 0.3 is 0 Å². The summed E-state index contributed by atoms with van der Waals surface area (Å²) in [6.07, 6.45) is 1.29. The first kappa shape index (κ1) is 15.0. The molecule has 108 valence electrons. The Morgan fingerprint density at radius 2 is 2.11 bits per heavy atom. The van der Waals surface area contributed by atoms with Crippen LogP contribution in [0.4, 0.5) is 0 Å². The average molecular weight is 280 g/mol. The van der Waals surface area contributed by atoms with Gasteiger partial charge in [-0.2, -0.15) is 0 Å². The largest absolute Gasteiger partial charge is 0.330 e. The molecule has 2 nitrogen and oxygen atoms in total. The van der Waals surface area contributed by atoms with Gasteiger partial charge in [-0.15, -0.1) is 11.3 Å². The first-order valence-corrected chi connectivity index (χ1v) is 8.23. The van der Waals surface area contributed by atoms with Crippen molar-refractivity contribution in [2.45, 2.75) is 46.1 Å². The summed E-state index contributed by atoms with van der Waals surface area (Å²) in [6.45, 7) is 13.5. The van der Waals surface area contributed by atoms with Crippen molar-refractivity contribution < 1.29 is 0 Å². The molecule has 2 atom stereocenters. The SMILES string of the molecule is CC1CCN(Cc2ccc(C(C)(C)C)s2)CC1CN. The third-order valence-corrected chi connectivity index (χ3v) is 5.78. The van der Waals surface area contributed by atoms with Crippen LogP contribution in [-0.2, 0) is 12.0 Å². The summed E-state index contributed by atoms with van der Waals surface area (Å²) in [5.74, 6) is 1.46. The zero-order chi connectivity index (χ0) is 14.0. The molecule has 0 aromatic carbocycles. The van der Waals surface area contributed by atoms with E-state index in [1.54, 1.807) is 0 Å². The highest BCUT2D eigenvalue weighted by atomic mass is 32.1. The van der Waals surface area contributed by atoms with Crippen LogP contribution in [0.25, 0.3) is 0 Å². The number of nitrogens with two attached hydrogens (primary N) is 1. The van der Waals surface area contributed by atoms with Crippen molar-refractivity contribution in [3.8, 4) is 0 Å². The van der Waals surface area contributed by atoms with Gasteiger partial charge in [-0.3, -0.25) is 4.90 Å². The number of nitrogens with zero attached hydrogens (tertiary/aromatic N) is 1. The summed E-state index contributed by atoms with van der Waals surface area (Å²) < 4.78 is 0. The first-order valence-electron chi connectivity index (χ1n) is 7.41. The van der Waals surface area contributed by atoms with E-state index in [0.29, 0.717) is 5.92 Å². The molecule has 2 N–H and O–H groups in total. The van der Waals surface area contributed by atoms with E-state index in [0.717, 1.165) is 19.0 Å². The normalized spacial score (nSPS) is 25.7. The minimum Gasteiger partial charge on any atom is -0.330 e. The van der Waals surface area contributed by atoms with Gasteiger partial charge in [0.2, 0.25) is 0 Å². The molecule has 2 unspecified atom stereocenters. The number of hydrogen-bond donors (Lipinski definition) is 1. The molecular weight excluding hydrogens is 252 g/mol. The lowest BCUT2D eigenvalue weighted by Crippen LogP contribution is -2.42. The fraction of sp³-hybridized carbons (Fsp3) is 0.750. The van der Waals surface area contributed by atoms with Crippen LogP contribution in [0.3, 0.4) is 0 Å². The van der Waals surface area contributed by atoms with Crippen LogP contribution < -0.4 is 5.73 Å². The molecule has 19 heavy (non-hydrogen) atoms. The first-order chi connectivity index (χ1) is 8.90. The van der Waals surface area contributed by atoms with Crippen molar-refractivity contribution >= 4 is 11.3 Å². The number of likely N-dealkylation sites (tertiary alicyclic amines) is 1. The molecule has 0 spiro atoms. The Morgan fingerprint density at radius 3 is 2.68 bits per heavy atom. The van der Waals surface area contributed by atoms with Gasteiger partial charge in [0.25, 0.3) is 0 Å². The molecule has 1 saturated heterocycles. The zero-order valence-electron chi connectivity index (χ0n) is 12.8. The van der Waals surface area contributed by atoms with Crippen LogP contribution in [0.5, 0.6) is 0 Å². The van der Waals surface area contributed by atoms with Gasteiger partial charge in [0.05, 0.1) is 0 Å². The van der Waals surface area contributed by atoms with Crippen LogP contribution in [0.15, 0.2) is 12.1 Å². The van der Waals surface area contributed by atoms with Crippen molar-refractivity contribution in [1.82, 2.24) is 4.90 Å². The van der Waals surface area contributed by atoms with Gasteiger partial charge in [0.15, 0.2) is 0 Å². The van der Waals surface area contributed by atoms with E-state index in [1.165, 1.54) is 29.3 Å². The van der Waals surface area contributed by atoms with Crippen molar-refractivity contribution in [2.75, 3.05) is 19.6 Å². The summed E-state index contributed by atoms with van der Waals surface area (Å²) in [6, 6.07) is 4.60. The van der Waals surface area contributed by atoms with Crippen molar-refractivity contribution in [2.24, 2.45) is 17.6 Å². The molecule has 0 saturated carbocycles. The van der Waals surface area contributed by atoms with Gasteiger partial charge in [-0.25, -0.2) is 0 Å². The van der Waals surface area contributed by atoms with Gasteiger partial charge < -0.3 is 5.73 Å². The Morgan fingerprint density at radius 1 is 1.37 bits per heavy atom. The Balaban J connectivity index is 1.96. The number of rotatable bonds is 3. The molecule has 1 aromatic rings. The van der Waals surface area contributed by atoms with Crippen molar-refractivity contribution in [1.29, 1.82) is 0 Å². The Labute approximate surface area is 122 Å². The number of hydrogen-bond acceptors (Lipinski definition) is 3. The molecule has 2 rings (SSSR count). The standard InChI is InChI=1S/C16H28N2S/c1-12-7-8-18(10-13(12)9-17)11-14-5-6-15(19-14)16(2,3)4/h5-6,12-13H,7-11,17H2,1-4H3. The summed E-state index contributed by atoms with van der Waals surface area (Å²) in [5.41, 5.74) is 6.16. The smallest absolute Gasteiger partial charge is 0.0328 e. The Kier molecular flexibility index (Phi) is 4.70. The molecule has 0 bridgehead atoms. The van der Waals surface area contributed by atoms with E-state index in [2.05, 4.69) is 44.7 Å². The quantitative estimate of drug-likeness (QED) is 0.918. The van der Waals surface area contributed by atoms with E-state index in [1.807, 2.05) is 11.3 Å². The maximum atomic E-state index is 5.89. The fourth-order valence-corrected chi connectivity index (χ4v) is 3.87. The van der Waals surface area contributed by atoms with E-state index < -0.39 is 0 Å².